The van der Waals surface area contributed by atoms with Crippen LogP contribution in [-0.2, 0) is 15.0 Å². The molecule has 1 heterocycles. The Morgan fingerprint density at radius 2 is 1.80 bits per heavy atom. The average Bonchev–Trinajstić information content (AvgIpc) is 2.17. The number of piperazine rings is 1. The van der Waals surface area contributed by atoms with Crippen molar-refractivity contribution in [1.29, 1.82) is 0 Å². The van der Waals surface area contributed by atoms with Crippen LogP contribution in [0.25, 0.3) is 0 Å². The van der Waals surface area contributed by atoms with Gasteiger partial charge in [-0.05, 0) is 7.05 Å². The van der Waals surface area contributed by atoms with Gasteiger partial charge >= 0.3 is 10.2 Å². The summed E-state index contributed by atoms with van der Waals surface area (Å²) in [6, 6.07) is 0. The largest absolute Gasteiger partial charge is 0.304 e. The summed E-state index contributed by atoms with van der Waals surface area (Å²) < 4.78 is 26.6. The third-order valence-corrected chi connectivity index (χ3v) is 3.90. The van der Waals surface area contributed by atoms with Gasteiger partial charge in [-0.25, -0.2) is 4.72 Å². The molecule has 0 aromatic heterocycles. The maximum absolute atomic E-state index is 11.6. The monoisotopic (exact) mass is 235 g/mol. The van der Waals surface area contributed by atoms with E-state index in [0.29, 0.717) is 26.2 Å². The second-order valence-corrected chi connectivity index (χ2v) is 5.26. The van der Waals surface area contributed by atoms with Gasteiger partial charge in [0.15, 0.2) is 0 Å². The second-order valence-electron chi connectivity index (χ2n) is 3.59. The van der Waals surface area contributed by atoms with Crippen molar-refractivity contribution in [2.24, 2.45) is 0 Å². The molecule has 0 atom stereocenters. The third kappa shape index (κ3) is 3.44. The predicted octanol–water partition coefficient (Wildman–Crippen LogP) is -0.995. The number of likely N-dealkylation sites (N-methyl/N-ethyl adjacent to an activating group) is 1. The zero-order valence-electron chi connectivity index (χ0n) is 9.06. The Labute approximate surface area is 90.4 Å². The lowest BCUT2D eigenvalue weighted by molar-refractivity contribution is -0.119. The number of carbonyl (C=O) groups excluding carboxylic acids is 1. The average molecular weight is 235 g/mol. The molecule has 0 aromatic rings. The van der Waals surface area contributed by atoms with Gasteiger partial charge in [0.1, 0.15) is 0 Å². The second kappa shape index (κ2) is 4.91. The first-order chi connectivity index (χ1) is 6.95. The number of carbonyl (C=O) groups is 1. The van der Waals surface area contributed by atoms with E-state index in [4.69, 9.17) is 0 Å². The van der Waals surface area contributed by atoms with E-state index < -0.39 is 16.1 Å². The van der Waals surface area contributed by atoms with Gasteiger partial charge in [-0.3, -0.25) is 4.79 Å². The van der Waals surface area contributed by atoms with Gasteiger partial charge in [0, 0.05) is 32.6 Å². The molecule has 1 saturated heterocycles. The van der Waals surface area contributed by atoms with Crippen molar-refractivity contribution in [2.75, 3.05) is 33.2 Å². The van der Waals surface area contributed by atoms with Gasteiger partial charge in [0.2, 0.25) is 5.91 Å². The number of hydrogen-bond donors (Lipinski definition) is 1. The van der Waals surface area contributed by atoms with Gasteiger partial charge in [-0.15, -0.1) is 0 Å². The molecule has 6 nitrogen and oxygen atoms in total. The Morgan fingerprint density at radius 1 is 1.27 bits per heavy atom. The zero-order chi connectivity index (χ0) is 11.5. The zero-order valence-corrected chi connectivity index (χ0v) is 9.88. The molecule has 88 valence electrons. The van der Waals surface area contributed by atoms with Crippen LogP contribution < -0.4 is 4.72 Å². The standard InChI is InChI=1S/C8H17N3O3S/c1-3-8(12)9-15(13,14)11-6-4-10(2)5-7-11/h3-7H2,1-2H3,(H,9,12). The molecule has 15 heavy (non-hydrogen) atoms. The van der Waals surface area contributed by atoms with Crippen molar-refractivity contribution < 1.29 is 13.2 Å². The molecule has 1 amide bonds. The molecule has 1 aliphatic rings. The van der Waals surface area contributed by atoms with Crippen LogP contribution in [0.5, 0.6) is 0 Å². The lowest BCUT2D eigenvalue weighted by Crippen LogP contribution is -2.51. The maximum Gasteiger partial charge on any atom is 0.303 e. The van der Waals surface area contributed by atoms with Crippen molar-refractivity contribution in [3.8, 4) is 0 Å². The van der Waals surface area contributed by atoms with Crippen LogP contribution in [0, 0.1) is 0 Å². The first-order valence-corrected chi connectivity index (χ1v) is 6.39. The van der Waals surface area contributed by atoms with E-state index in [2.05, 4.69) is 0 Å². The normalized spacial score (nSPS) is 20.1. The first-order valence-electron chi connectivity index (χ1n) is 4.95. The highest BCUT2D eigenvalue weighted by atomic mass is 32.2. The summed E-state index contributed by atoms with van der Waals surface area (Å²) in [4.78, 5) is 13.1. The van der Waals surface area contributed by atoms with Crippen LogP contribution in [0.2, 0.25) is 0 Å². The number of hydrogen-bond acceptors (Lipinski definition) is 4. The van der Waals surface area contributed by atoms with Gasteiger partial charge < -0.3 is 4.90 Å². The van der Waals surface area contributed by atoms with Crippen molar-refractivity contribution in [3.63, 3.8) is 0 Å². The third-order valence-electron chi connectivity index (χ3n) is 2.37. The predicted molar refractivity (Wildman–Crippen MR) is 56.4 cm³/mol. The SMILES string of the molecule is CCC(=O)NS(=O)(=O)N1CCN(C)CC1. The van der Waals surface area contributed by atoms with Crippen LogP contribution in [0.1, 0.15) is 13.3 Å². The summed E-state index contributed by atoms with van der Waals surface area (Å²) in [5.41, 5.74) is 0. The Hall–Kier alpha value is -0.660. The first kappa shape index (κ1) is 12.4. The van der Waals surface area contributed by atoms with E-state index in [0.717, 1.165) is 0 Å². The van der Waals surface area contributed by atoms with Crippen LogP contribution >= 0.6 is 0 Å². The molecule has 1 aliphatic heterocycles. The smallest absolute Gasteiger partial charge is 0.303 e. The van der Waals surface area contributed by atoms with Crippen molar-refractivity contribution >= 4 is 16.1 Å². The molecule has 0 saturated carbocycles. The van der Waals surface area contributed by atoms with E-state index in [1.54, 1.807) is 6.92 Å². The lowest BCUT2D eigenvalue weighted by Gasteiger charge is -2.31. The molecule has 0 unspecified atom stereocenters. The van der Waals surface area contributed by atoms with Gasteiger partial charge in [-0.1, -0.05) is 6.92 Å². The fourth-order valence-corrected chi connectivity index (χ4v) is 2.51. The Kier molecular flexibility index (Phi) is 4.06. The summed E-state index contributed by atoms with van der Waals surface area (Å²) >= 11 is 0. The van der Waals surface area contributed by atoms with Crippen LogP contribution in [-0.4, -0.2) is 56.8 Å². The van der Waals surface area contributed by atoms with Crippen LogP contribution in [0.15, 0.2) is 0 Å². The van der Waals surface area contributed by atoms with Crippen molar-refractivity contribution in [3.05, 3.63) is 0 Å². The highest BCUT2D eigenvalue weighted by molar-refractivity contribution is 7.87. The van der Waals surface area contributed by atoms with Gasteiger partial charge in [0.05, 0.1) is 0 Å². The molecule has 0 radical (unpaired) electrons. The van der Waals surface area contributed by atoms with Crippen molar-refractivity contribution in [2.45, 2.75) is 13.3 Å². The molecule has 0 spiro atoms. The minimum Gasteiger partial charge on any atom is -0.304 e. The minimum atomic E-state index is -3.61. The highest BCUT2D eigenvalue weighted by Crippen LogP contribution is 2.04. The summed E-state index contributed by atoms with van der Waals surface area (Å²) in [6.07, 6.45) is 0.174. The Bertz CT molecular complexity index is 320. The number of nitrogens with one attached hydrogen (secondary N) is 1. The summed E-state index contributed by atoms with van der Waals surface area (Å²) in [5, 5.41) is 0. The van der Waals surface area contributed by atoms with Crippen molar-refractivity contribution in [1.82, 2.24) is 13.9 Å². The maximum atomic E-state index is 11.6. The summed E-state index contributed by atoms with van der Waals surface area (Å²) in [7, 11) is -1.67. The van der Waals surface area contributed by atoms with Crippen LogP contribution in [0.4, 0.5) is 0 Å². The fourth-order valence-electron chi connectivity index (χ4n) is 1.31. The summed E-state index contributed by atoms with van der Waals surface area (Å²) in [6.45, 7) is 3.88. The Balaban J connectivity index is 2.58. The van der Waals surface area contributed by atoms with Crippen LogP contribution in [0.3, 0.4) is 0 Å². The molecule has 1 fully saturated rings. The Morgan fingerprint density at radius 3 is 2.27 bits per heavy atom. The quantitative estimate of drug-likeness (QED) is 0.681. The van der Waals surface area contributed by atoms with E-state index in [1.807, 2.05) is 16.7 Å². The van der Waals surface area contributed by atoms with E-state index >= 15 is 0 Å². The topological polar surface area (TPSA) is 69.7 Å². The molecule has 7 heteroatoms. The molecular formula is C8H17N3O3S. The van der Waals surface area contributed by atoms with Gasteiger partial charge in [0.25, 0.3) is 0 Å². The molecular weight excluding hydrogens is 218 g/mol. The van der Waals surface area contributed by atoms with Gasteiger partial charge in [-0.2, -0.15) is 12.7 Å². The number of amides is 1. The highest BCUT2D eigenvalue weighted by Gasteiger charge is 2.26. The molecule has 1 rings (SSSR count). The molecule has 0 aliphatic carbocycles. The molecule has 0 bridgehead atoms. The van der Waals surface area contributed by atoms with E-state index in [1.165, 1.54) is 4.31 Å². The number of nitrogens with zero attached hydrogens (tertiary/aromatic N) is 2. The van der Waals surface area contributed by atoms with E-state index in [9.17, 15) is 13.2 Å². The lowest BCUT2D eigenvalue weighted by atomic mass is 10.4. The fraction of sp³-hybridized carbons (Fsp3) is 0.875. The number of rotatable bonds is 3. The summed E-state index contributed by atoms with van der Waals surface area (Å²) in [5.74, 6) is -0.464. The molecule has 0 aromatic carbocycles. The minimum absolute atomic E-state index is 0.174. The molecule has 1 N–H and O–H groups in total. The van der Waals surface area contributed by atoms with E-state index in [-0.39, 0.29) is 6.42 Å².